The molecule has 0 aromatic carbocycles. The Hall–Kier alpha value is 3.52. The van der Waals surface area contributed by atoms with E-state index in [1.807, 2.05) is 0 Å². The van der Waals surface area contributed by atoms with Crippen LogP contribution < -0.4 is 0 Å². The molecule has 0 bridgehead atoms. The van der Waals surface area contributed by atoms with Crippen molar-refractivity contribution in [2.75, 3.05) is 0 Å². The third-order valence-corrected chi connectivity index (χ3v) is 0. The molecule has 0 atom stereocenters. The van der Waals surface area contributed by atoms with Crippen LogP contribution in [-0.4, -0.2) is 88.7 Å². The van der Waals surface area contributed by atoms with Gasteiger partial charge in [0.25, 0.3) is 0 Å². The summed E-state index contributed by atoms with van der Waals surface area (Å²) in [6, 6.07) is 0. The molecule has 0 aliphatic rings. The molecule has 0 aromatic rings. The molecule has 0 rings (SSSR count). The van der Waals surface area contributed by atoms with Gasteiger partial charge in [0.05, 0.1) is 0 Å². The smallest absolute Gasteiger partial charge is 0 e. The molecule has 0 saturated heterocycles. The minimum Gasteiger partial charge on any atom is 0 e. The van der Waals surface area contributed by atoms with E-state index in [9.17, 15) is 0 Å². The van der Waals surface area contributed by atoms with Gasteiger partial charge in [0.15, 0.2) is 0 Å². The quantitative estimate of drug-likeness (QED) is 0.358. The van der Waals surface area contributed by atoms with Crippen molar-refractivity contribution in [2.24, 2.45) is 0 Å². The van der Waals surface area contributed by atoms with Crippen molar-refractivity contribution in [2.45, 2.75) is 0 Å². The van der Waals surface area contributed by atoms with E-state index < -0.39 is 0 Å². The summed E-state index contributed by atoms with van der Waals surface area (Å²) in [6.07, 6.45) is 0. The van der Waals surface area contributed by atoms with Gasteiger partial charge in [0.2, 0.25) is 0 Å². The van der Waals surface area contributed by atoms with Gasteiger partial charge in [-0.15, -0.1) is 0 Å². The predicted molar refractivity (Wildman–Crippen MR) is 17.3 cm³/mol. The van der Waals surface area contributed by atoms with Gasteiger partial charge in [-0.25, -0.2) is 0 Å². The number of hydrogen-bond acceptors (Lipinski definition) is 0. The van der Waals surface area contributed by atoms with E-state index in [1.165, 1.54) is 0 Å². The summed E-state index contributed by atoms with van der Waals surface area (Å²) in [7, 11) is 0. The van der Waals surface area contributed by atoms with Gasteiger partial charge in [-0.2, -0.15) is 0 Å². The fourth-order valence-electron chi connectivity index (χ4n) is 0. The topological polar surface area (TPSA) is 0 Å². The average molecular weight is 125 g/mol. The van der Waals surface area contributed by atoms with E-state index in [0.717, 1.165) is 0 Å². The summed E-state index contributed by atoms with van der Waals surface area (Å²) in [5.74, 6) is 0. The summed E-state index contributed by atoms with van der Waals surface area (Å²) >= 11 is 0. The van der Waals surface area contributed by atoms with Gasteiger partial charge < -0.3 is 0 Å². The largest absolute Gasteiger partial charge is 0 e. The second-order valence-corrected chi connectivity index (χ2v) is 0. The summed E-state index contributed by atoms with van der Waals surface area (Å²) in [5, 5.41) is 0. The molecule has 0 heterocycles. The summed E-state index contributed by atoms with van der Waals surface area (Å²) in [6.45, 7) is 0. The Labute approximate surface area is 103 Å². The molecule has 0 saturated carbocycles. The van der Waals surface area contributed by atoms with E-state index in [1.54, 1.807) is 0 Å². The first kappa shape index (κ1) is 25.8. The van der Waals surface area contributed by atoms with Crippen molar-refractivity contribution in [3.8, 4) is 0 Å². The van der Waals surface area contributed by atoms with Gasteiger partial charge in [0, 0.05) is 106 Å². The van der Waals surface area contributed by atoms with Crippen LogP contribution in [0.5, 0.6) is 0 Å². The fourth-order valence-corrected chi connectivity index (χ4v) is 0. The monoisotopic (exact) mass is 125 g/mol. The molecule has 0 amide bonds. The minimum atomic E-state index is 0. The molecule has 4 heavy (non-hydrogen) atoms. The maximum Gasteiger partial charge on any atom is 0 e. The molecule has 0 N–H and O–H groups in total. The molecule has 11 valence electrons. The predicted octanol–water partition coefficient (Wildman–Crippen LogP) is -1.14. The summed E-state index contributed by atoms with van der Waals surface area (Å²) in [5.41, 5.74) is 0. The van der Waals surface area contributed by atoms with Crippen molar-refractivity contribution in [3.05, 3.63) is 0 Å². The number of rotatable bonds is 0. The standard InChI is InChI=1S/Fe.3Na. The molecular weight excluding hydrogens is 125 g/mol. The molecule has 0 spiro atoms. The van der Waals surface area contributed by atoms with Gasteiger partial charge in [-0.3, -0.25) is 0 Å². The first-order valence-electron chi connectivity index (χ1n) is 0. The molecule has 0 aliphatic heterocycles. The van der Waals surface area contributed by atoms with Crippen molar-refractivity contribution in [1.29, 1.82) is 0 Å². The molecule has 0 fully saturated rings. The Morgan fingerprint density at radius 3 is 0.500 bits per heavy atom. The molecule has 0 aromatic heterocycles. The van der Waals surface area contributed by atoms with Crippen LogP contribution in [0.2, 0.25) is 0 Å². The Bertz CT molecular complexity index is 3.25. The molecule has 4 heteroatoms. The zero-order valence-electron chi connectivity index (χ0n) is 3.35. The van der Waals surface area contributed by atoms with Gasteiger partial charge in [0.1, 0.15) is 0 Å². The van der Waals surface area contributed by atoms with E-state index in [-0.39, 0.29) is 106 Å². The third-order valence-electron chi connectivity index (χ3n) is 0. The Balaban J connectivity index is 0. The Morgan fingerprint density at radius 1 is 0.500 bits per heavy atom. The molecule has 0 nitrogen and oxygen atoms in total. The molecule has 0 unspecified atom stereocenters. The maximum absolute atomic E-state index is 0. The van der Waals surface area contributed by atoms with Crippen LogP contribution >= 0.6 is 0 Å². The first-order chi connectivity index (χ1) is 0. The molecule has 3 radical (unpaired) electrons. The molecule has 0 aliphatic carbocycles. The van der Waals surface area contributed by atoms with Crippen molar-refractivity contribution >= 4 is 88.7 Å². The average Bonchev–Trinajstić information content (AvgIpc) is 0. The van der Waals surface area contributed by atoms with E-state index in [2.05, 4.69) is 0 Å². The van der Waals surface area contributed by atoms with Crippen LogP contribution in [0.15, 0.2) is 0 Å². The van der Waals surface area contributed by atoms with Crippen LogP contribution in [0.1, 0.15) is 0 Å². The van der Waals surface area contributed by atoms with Crippen LogP contribution in [0.3, 0.4) is 0 Å². The maximum atomic E-state index is 0. The second kappa shape index (κ2) is 16.0. The Morgan fingerprint density at radius 2 is 0.500 bits per heavy atom. The van der Waals surface area contributed by atoms with E-state index in [0.29, 0.717) is 0 Å². The third kappa shape index (κ3) is 9.10. The summed E-state index contributed by atoms with van der Waals surface area (Å²) < 4.78 is 0. The van der Waals surface area contributed by atoms with Crippen molar-refractivity contribution in [1.82, 2.24) is 0 Å². The Kier molecular flexibility index (Phi) is 103. The SMILES string of the molecule is [Fe].[Na].[Na].[Na]. The molecular formula is FeNa3. The fraction of sp³-hybridized carbons (Fsp3) is 0. The van der Waals surface area contributed by atoms with Gasteiger partial charge in [-0.1, -0.05) is 0 Å². The van der Waals surface area contributed by atoms with Gasteiger partial charge in [-0.05, 0) is 0 Å². The van der Waals surface area contributed by atoms with Crippen LogP contribution in [-0.2, 0) is 17.1 Å². The minimum absolute atomic E-state index is 0. The second-order valence-electron chi connectivity index (χ2n) is 0. The van der Waals surface area contributed by atoms with Crippen LogP contribution in [0.4, 0.5) is 0 Å². The van der Waals surface area contributed by atoms with E-state index >= 15 is 0 Å². The zero-order valence-corrected chi connectivity index (χ0v) is 10.5. The number of hydrogen-bond donors (Lipinski definition) is 0. The van der Waals surface area contributed by atoms with Crippen LogP contribution in [0.25, 0.3) is 0 Å². The van der Waals surface area contributed by atoms with Gasteiger partial charge >= 0.3 is 0 Å². The van der Waals surface area contributed by atoms with Crippen molar-refractivity contribution < 1.29 is 17.1 Å². The van der Waals surface area contributed by atoms with Crippen LogP contribution in [0, 0.1) is 0 Å². The van der Waals surface area contributed by atoms with Crippen molar-refractivity contribution in [3.63, 3.8) is 0 Å². The zero-order chi connectivity index (χ0) is 0. The first-order valence-corrected chi connectivity index (χ1v) is 0. The summed E-state index contributed by atoms with van der Waals surface area (Å²) in [4.78, 5) is 0. The normalized spacial score (nSPS) is 0. The van der Waals surface area contributed by atoms with E-state index in [4.69, 9.17) is 0 Å².